The molecule has 0 spiro atoms. The zero-order chi connectivity index (χ0) is 26.7. The van der Waals surface area contributed by atoms with Gasteiger partial charge in [0.2, 0.25) is 0 Å². The minimum atomic E-state index is -5.50. The van der Waals surface area contributed by atoms with Crippen molar-refractivity contribution in [3.63, 3.8) is 0 Å². The number of benzene rings is 1. The molecule has 9 nitrogen and oxygen atoms in total. The van der Waals surface area contributed by atoms with Gasteiger partial charge in [0.25, 0.3) is 15.7 Å². The second kappa shape index (κ2) is 10.9. The third kappa shape index (κ3) is 6.55. The van der Waals surface area contributed by atoms with Gasteiger partial charge in [0.05, 0.1) is 28.1 Å². The highest BCUT2D eigenvalue weighted by atomic mass is 32.2. The van der Waals surface area contributed by atoms with Crippen LogP contribution in [0.25, 0.3) is 0 Å². The number of nitriles is 1. The van der Waals surface area contributed by atoms with Gasteiger partial charge in [-0.05, 0) is 69.2 Å². The van der Waals surface area contributed by atoms with Crippen molar-refractivity contribution in [3.8, 4) is 6.07 Å². The minimum Gasteiger partial charge on any atom is -0.386 e. The SMILES string of the molecule is CC(N[C@H]1CC[C@H](N/C=C(/C(N)=O)C(N)=Nc2ccc(S(=O)(=O)C(F)(F)F)cc2)[C@@H](C#N)C1)C1CC1. The van der Waals surface area contributed by atoms with Crippen LogP contribution < -0.4 is 22.1 Å². The van der Waals surface area contributed by atoms with Crippen molar-refractivity contribution in [1.29, 1.82) is 5.26 Å². The lowest BCUT2D eigenvalue weighted by atomic mass is 9.82. The molecule has 4 atom stereocenters. The number of sulfone groups is 1. The summed E-state index contributed by atoms with van der Waals surface area (Å²) in [6.45, 7) is 2.16. The van der Waals surface area contributed by atoms with Gasteiger partial charge in [-0.15, -0.1) is 0 Å². The summed E-state index contributed by atoms with van der Waals surface area (Å²) in [5.74, 6) is -0.824. The van der Waals surface area contributed by atoms with E-state index in [1.54, 1.807) is 0 Å². The Hall–Kier alpha value is -3.11. The van der Waals surface area contributed by atoms with E-state index in [0.29, 0.717) is 24.8 Å². The number of hydrogen-bond acceptors (Lipinski definition) is 7. The highest BCUT2D eigenvalue weighted by Crippen LogP contribution is 2.34. The van der Waals surface area contributed by atoms with E-state index < -0.39 is 26.1 Å². The largest absolute Gasteiger partial charge is 0.501 e. The Morgan fingerprint density at radius 1 is 1.19 bits per heavy atom. The van der Waals surface area contributed by atoms with Gasteiger partial charge in [-0.25, -0.2) is 13.4 Å². The van der Waals surface area contributed by atoms with Crippen LogP contribution in [0.3, 0.4) is 0 Å². The maximum atomic E-state index is 12.7. The summed E-state index contributed by atoms with van der Waals surface area (Å²) in [7, 11) is -5.50. The molecule has 2 saturated carbocycles. The van der Waals surface area contributed by atoms with Crippen molar-refractivity contribution in [2.24, 2.45) is 28.3 Å². The Labute approximate surface area is 207 Å². The van der Waals surface area contributed by atoms with E-state index in [1.807, 2.05) is 0 Å². The van der Waals surface area contributed by atoms with Crippen LogP contribution >= 0.6 is 0 Å². The van der Waals surface area contributed by atoms with E-state index >= 15 is 0 Å². The number of nitrogens with two attached hydrogens (primary N) is 2. The predicted octanol–water partition coefficient (Wildman–Crippen LogP) is 2.38. The van der Waals surface area contributed by atoms with Crippen molar-refractivity contribution in [3.05, 3.63) is 36.0 Å². The van der Waals surface area contributed by atoms with E-state index in [1.165, 1.54) is 19.0 Å². The molecule has 196 valence electrons. The van der Waals surface area contributed by atoms with Gasteiger partial charge in [0.1, 0.15) is 5.84 Å². The van der Waals surface area contributed by atoms with Crippen LogP contribution in [0.4, 0.5) is 18.9 Å². The molecule has 0 aliphatic heterocycles. The number of halogens is 3. The third-order valence-corrected chi connectivity index (χ3v) is 8.03. The Morgan fingerprint density at radius 3 is 2.36 bits per heavy atom. The third-order valence-electron chi connectivity index (χ3n) is 6.53. The Balaban J connectivity index is 1.69. The molecule has 0 aromatic heterocycles. The second-order valence-corrected chi connectivity index (χ2v) is 11.1. The fourth-order valence-corrected chi connectivity index (χ4v) is 5.02. The zero-order valence-corrected chi connectivity index (χ0v) is 20.4. The Morgan fingerprint density at radius 2 is 1.83 bits per heavy atom. The smallest absolute Gasteiger partial charge is 0.386 e. The molecule has 1 unspecified atom stereocenters. The average Bonchev–Trinajstić information content (AvgIpc) is 3.65. The molecule has 1 aromatic rings. The summed E-state index contributed by atoms with van der Waals surface area (Å²) in [4.78, 5) is 15.0. The van der Waals surface area contributed by atoms with Crippen molar-refractivity contribution in [2.45, 2.75) is 67.6 Å². The molecule has 0 saturated heterocycles. The number of alkyl halides is 3. The fourth-order valence-electron chi connectivity index (χ4n) is 4.26. The molecule has 2 aliphatic rings. The summed E-state index contributed by atoms with van der Waals surface area (Å²) in [6, 6.07) is 6.27. The maximum Gasteiger partial charge on any atom is 0.501 e. The molecule has 1 aromatic carbocycles. The molecule has 3 rings (SSSR count). The highest BCUT2D eigenvalue weighted by molar-refractivity contribution is 7.92. The van der Waals surface area contributed by atoms with E-state index in [-0.39, 0.29) is 35.1 Å². The monoisotopic (exact) mass is 526 g/mol. The number of carbonyl (C=O) groups is 1. The number of amidine groups is 1. The number of carbonyl (C=O) groups excluding carboxylic acids is 1. The molecule has 13 heteroatoms. The van der Waals surface area contributed by atoms with Gasteiger partial charge in [-0.1, -0.05) is 0 Å². The van der Waals surface area contributed by atoms with Crippen LogP contribution in [0.1, 0.15) is 39.0 Å². The number of nitrogens with zero attached hydrogens (tertiary/aromatic N) is 2. The lowest BCUT2D eigenvalue weighted by Crippen LogP contribution is -2.47. The number of primary amides is 1. The van der Waals surface area contributed by atoms with Crippen LogP contribution in [0.15, 0.2) is 45.9 Å². The van der Waals surface area contributed by atoms with E-state index in [4.69, 9.17) is 11.5 Å². The number of aliphatic imine (C=N–C) groups is 1. The standard InChI is InChI=1S/C23H29F3N6O3S/c1-13(14-2-3-14)31-17-6-9-20(15(10-17)11-27)30-12-19(22(29)33)21(28)32-16-4-7-18(8-5-16)36(34,35)23(24,25)26/h4-5,7-8,12-15,17,20,30-31H,2-3,6,9-10H2,1H3,(H2,28,32)(H2,29,33)/b19-12+/t13?,15-,17+,20+/m1/s1. The van der Waals surface area contributed by atoms with Crippen LogP contribution in [0.5, 0.6) is 0 Å². The molecular weight excluding hydrogens is 497 g/mol. The second-order valence-electron chi connectivity index (χ2n) is 9.17. The van der Waals surface area contributed by atoms with E-state index in [9.17, 15) is 31.6 Å². The van der Waals surface area contributed by atoms with Gasteiger partial charge in [-0.3, -0.25) is 4.79 Å². The Bertz CT molecular complexity index is 1170. The first kappa shape index (κ1) is 27.5. The van der Waals surface area contributed by atoms with Crippen LogP contribution in [-0.2, 0) is 14.6 Å². The van der Waals surface area contributed by atoms with E-state index in [2.05, 4.69) is 28.6 Å². The first-order valence-electron chi connectivity index (χ1n) is 11.5. The number of amides is 1. The summed E-state index contributed by atoms with van der Waals surface area (Å²) in [6.07, 6.45) is 5.94. The Kier molecular flexibility index (Phi) is 8.30. The zero-order valence-electron chi connectivity index (χ0n) is 19.6. The van der Waals surface area contributed by atoms with Crippen LogP contribution in [-0.4, -0.2) is 43.8 Å². The van der Waals surface area contributed by atoms with Crippen molar-refractivity contribution >= 4 is 27.3 Å². The fraction of sp³-hybridized carbons (Fsp3) is 0.522. The number of nitrogens with one attached hydrogen (secondary N) is 2. The predicted molar refractivity (Wildman–Crippen MR) is 127 cm³/mol. The first-order chi connectivity index (χ1) is 16.8. The molecule has 6 N–H and O–H groups in total. The lowest BCUT2D eigenvalue weighted by molar-refractivity contribution is -0.114. The quantitative estimate of drug-likeness (QED) is 0.218. The molecule has 36 heavy (non-hydrogen) atoms. The topological polar surface area (TPSA) is 163 Å². The number of hydrogen-bond donors (Lipinski definition) is 4. The van der Waals surface area contributed by atoms with Gasteiger partial charge < -0.3 is 22.1 Å². The minimum absolute atomic E-state index is 0.0204. The van der Waals surface area contributed by atoms with Crippen LogP contribution in [0, 0.1) is 23.2 Å². The first-order valence-corrected chi connectivity index (χ1v) is 13.0. The molecule has 1 amide bonds. The molecule has 0 heterocycles. The normalized spacial score (nSPS) is 24.6. The maximum absolute atomic E-state index is 12.7. The van der Waals surface area contributed by atoms with Crippen LogP contribution in [0.2, 0.25) is 0 Å². The van der Waals surface area contributed by atoms with Crippen molar-refractivity contribution in [1.82, 2.24) is 10.6 Å². The van der Waals surface area contributed by atoms with Crippen molar-refractivity contribution in [2.75, 3.05) is 0 Å². The summed E-state index contributed by atoms with van der Waals surface area (Å²) in [5.41, 5.74) is 5.74. The summed E-state index contributed by atoms with van der Waals surface area (Å²) < 4.78 is 61.1. The van der Waals surface area contributed by atoms with Gasteiger partial charge >= 0.3 is 5.51 Å². The molecule has 0 bridgehead atoms. The number of rotatable bonds is 9. The van der Waals surface area contributed by atoms with E-state index in [0.717, 1.165) is 30.7 Å². The van der Waals surface area contributed by atoms with Gasteiger partial charge in [-0.2, -0.15) is 18.4 Å². The van der Waals surface area contributed by atoms with Gasteiger partial charge in [0, 0.05) is 24.3 Å². The molecule has 0 radical (unpaired) electrons. The summed E-state index contributed by atoms with van der Waals surface area (Å²) in [5, 5.41) is 16.3. The summed E-state index contributed by atoms with van der Waals surface area (Å²) >= 11 is 0. The lowest BCUT2D eigenvalue weighted by Gasteiger charge is -2.35. The molecular formula is C23H29F3N6O3S. The average molecular weight is 527 g/mol. The molecule has 2 aliphatic carbocycles. The highest BCUT2D eigenvalue weighted by Gasteiger charge is 2.46. The van der Waals surface area contributed by atoms with Gasteiger partial charge in [0.15, 0.2) is 0 Å². The van der Waals surface area contributed by atoms with Crippen molar-refractivity contribution < 1.29 is 26.4 Å². The molecule has 2 fully saturated rings.